The first kappa shape index (κ1) is 37.2. The number of amides is 1. The van der Waals surface area contributed by atoms with Gasteiger partial charge in [0.2, 0.25) is 5.91 Å². The van der Waals surface area contributed by atoms with E-state index < -0.39 is 0 Å². The Morgan fingerprint density at radius 2 is 1.07 bits per heavy atom. The molecule has 0 radical (unpaired) electrons. The van der Waals surface area contributed by atoms with Crippen molar-refractivity contribution >= 4 is 11.9 Å². The molecule has 0 saturated heterocycles. The van der Waals surface area contributed by atoms with Crippen molar-refractivity contribution in [3.8, 4) is 0 Å². The maximum Gasteiger partial charge on any atom is 0.309 e. The molecule has 10 heteroatoms. The van der Waals surface area contributed by atoms with Crippen LogP contribution in [0, 0.1) is 34.5 Å². The lowest BCUT2D eigenvalue weighted by molar-refractivity contribution is -0.152. The van der Waals surface area contributed by atoms with Crippen LogP contribution in [0.4, 0.5) is 0 Å². The lowest BCUT2D eigenvalue weighted by Crippen LogP contribution is -2.52. The molecule has 0 spiro atoms. The van der Waals surface area contributed by atoms with Crippen LogP contribution in [0.1, 0.15) is 85.5 Å². The summed E-state index contributed by atoms with van der Waals surface area (Å²) in [6, 6.07) is 0.276. The minimum absolute atomic E-state index is 0.00225. The van der Waals surface area contributed by atoms with E-state index in [-0.39, 0.29) is 43.0 Å². The zero-order valence-corrected chi connectivity index (χ0v) is 27.9. The van der Waals surface area contributed by atoms with Crippen molar-refractivity contribution in [3.63, 3.8) is 0 Å². The van der Waals surface area contributed by atoms with Gasteiger partial charge in [-0.1, -0.05) is 27.7 Å². The molecule has 3 fully saturated rings. The van der Waals surface area contributed by atoms with Gasteiger partial charge in [-0.2, -0.15) is 0 Å². The number of hydrogen-bond acceptors (Lipinski definition) is 9. The van der Waals surface area contributed by atoms with Crippen LogP contribution in [0.5, 0.6) is 0 Å². The molecule has 3 unspecified atom stereocenters. The highest BCUT2D eigenvalue weighted by molar-refractivity contribution is 5.79. The molecule has 44 heavy (non-hydrogen) atoms. The smallest absolute Gasteiger partial charge is 0.309 e. The summed E-state index contributed by atoms with van der Waals surface area (Å²) in [6.45, 7) is 14.3. The molecule has 3 aliphatic carbocycles. The first-order chi connectivity index (χ1) is 21.1. The highest BCUT2D eigenvalue weighted by Crippen LogP contribution is 2.57. The number of aliphatic hydroxyl groups excluding tert-OH is 1. The number of esters is 1. The van der Waals surface area contributed by atoms with Crippen molar-refractivity contribution in [1.82, 2.24) is 5.32 Å². The molecule has 1 amide bonds. The molecule has 3 saturated carbocycles. The second kappa shape index (κ2) is 19.4. The van der Waals surface area contributed by atoms with Gasteiger partial charge in [0.05, 0.1) is 78.6 Å². The van der Waals surface area contributed by atoms with E-state index in [1.54, 1.807) is 0 Å². The van der Waals surface area contributed by atoms with E-state index in [9.17, 15) is 9.59 Å². The largest absolute Gasteiger partial charge is 0.463 e. The summed E-state index contributed by atoms with van der Waals surface area (Å²) < 4.78 is 32.3. The standard InChI is InChI=1S/C34H61NO9/c1-33(2)11-12-34(3,4)30-25-28(9-10-29(30)33)35-31(37)26-5-7-27(8-6-26)32(38)44-24-23-43-22-21-42-20-19-41-18-17-40-16-15-39-14-13-36/h26-30,36H,5-25H2,1-4H3,(H,35,37). The molecule has 0 aromatic rings. The molecule has 0 aliphatic heterocycles. The molecule has 0 heterocycles. The van der Waals surface area contributed by atoms with Crippen LogP contribution in [0.25, 0.3) is 0 Å². The minimum atomic E-state index is -0.178. The van der Waals surface area contributed by atoms with E-state index in [0.717, 1.165) is 31.6 Å². The van der Waals surface area contributed by atoms with E-state index in [4.69, 9.17) is 33.5 Å². The highest BCUT2D eigenvalue weighted by Gasteiger charge is 2.50. The average molecular weight is 628 g/mol. The molecule has 10 nitrogen and oxygen atoms in total. The fraction of sp³-hybridized carbons (Fsp3) is 0.941. The van der Waals surface area contributed by atoms with Crippen LogP contribution < -0.4 is 5.32 Å². The molecule has 0 aromatic heterocycles. The predicted octanol–water partition coefficient (Wildman–Crippen LogP) is 4.16. The van der Waals surface area contributed by atoms with Gasteiger partial charge in [0.1, 0.15) is 6.61 Å². The number of carbonyl (C=O) groups excluding carboxylic acids is 2. The normalized spacial score (nSPS) is 27.8. The molecular weight excluding hydrogens is 566 g/mol. The fourth-order valence-electron chi connectivity index (χ4n) is 7.39. The van der Waals surface area contributed by atoms with Crippen LogP contribution in [0.3, 0.4) is 0 Å². The first-order valence-corrected chi connectivity index (χ1v) is 17.1. The van der Waals surface area contributed by atoms with Crippen LogP contribution in [0.15, 0.2) is 0 Å². The third-order valence-electron chi connectivity index (χ3n) is 10.2. The third kappa shape index (κ3) is 12.5. The summed E-state index contributed by atoms with van der Waals surface area (Å²) >= 11 is 0. The fourth-order valence-corrected chi connectivity index (χ4v) is 7.39. The van der Waals surface area contributed by atoms with Crippen molar-refractivity contribution in [2.75, 3.05) is 79.3 Å². The summed E-state index contributed by atoms with van der Waals surface area (Å²) in [5.74, 6) is 1.28. The number of rotatable bonds is 20. The van der Waals surface area contributed by atoms with Crippen molar-refractivity contribution in [2.45, 2.75) is 91.5 Å². The Hall–Kier alpha value is -1.30. The second-order valence-electron chi connectivity index (χ2n) is 14.2. The SMILES string of the molecule is CC1(C)CCC(C)(C)C2CC(NC(=O)C3CCC(C(=O)OCCOCCOCCOCCOCCOCCO)CC3)CCC21. The Labute approximate surface area is 265 Å². The molecule has 3 aliphatic rings. The minimum Gasteiger partial charge on any atom is -0.463 e. The zero-order chi connectivity index (χ0) is 31.8. The van der Waals surface area contributed by atoms with Gasteiger partial charge >= 0.3 is 5.97 Å². The Morgan fingerprint density at radius 3 is 1.59 bits per heavy atom. The Bertz CT molecular complexity index is 828. The number of aliphatic hydroxyl groups is 1. The van der Waals surface area contributed by atoms with Gasteiger partial charge in [0, 0.05) is 12.0 Å². The van der Waals surface area contributed by atoms with Gasteiger partial charge in [0.15, 0.2) is 0 Å². The maximum atomic E-state index is 13.2. The van der Waals surface area contributed by atoms with Gasteiger partial charge in [-0.05, 0) is 80.5 Å². The number of hydrogen-bond donors (Lipinski definition) is 2. The third-order valence-corrected chi connectivity index (χ3v) is 10.2. The van der Waals surface area contributed by atoms with Gasteiger partial charge in [-0.15, -0.1) is 0 Å². The van der Waals surface area contributed by atoms with Gasteiger partial charge in [0.25, 0.3) is 0 Å². The number of fused-ring (bicyclic) bond motifs is 1. The van der Waals surface area contributed by atoms with Crippen molar-refractivity contribution in [2.24, 2.45) is 34.5 Å². The van der Waals surface area contributed by atoms with Crippen molar-refractivity contribution < 1.29 is 43.1 Å². The second-order valence-corrected chi connectivity index (χ2v) is 14.2. The number of nitrogens with one attached hydrogen (secondary N) is 1. The molecule has 2 N–H and O–H groups in total. The average Bonchev–Trinajstić information content (AvgIpc) is 3.01. The quantitative estimate of drug-likeness (QED) is 0.151. The summed E-state index contributed by atoms with van der Waals surface area (Å²) in [4.78, 5) is 25.7. The lowest BCUT2D eigenvalue weighted by Gasteiger charge is -2.56. The van der Waals surface area contributed by atoms with Crippen LogP contribution in [-0.4, -0.2) is 102 Å². The van der Waals surface area contributed by atoms with E-state index >= 15 is 0 Å². The summed E-state index contributed by atoms with van der Waals surface area (Å²) in [7, 11) is 0. The van der Waals surface area contributed by atoms with Crippen molar-refractivity contribution in [3.05, 3.63) is 0 Å². The van der Waals surface area contributed by atoms with Gasteiger partial charge in [-0.3, -0.25) is 9.59 Å². The molecular formula is C34H61NO9. The molecule has 3 atom stereocenters. The predicted molar refractivity (Wildman–Crippen MR) is 167 cm³/mol. The van der Waals surface area contributed by atoms with E-state index in [2.05, 4.69) is 33.0 Å². The highest BCUT2D eigenvalue weighted by atomic mass is 16.6. The summed E-state index contributed by atoms with van der Waals surface area (Å²) in [5.41, 5.74) is 0.736. The zero-order valence-electron chi connectivity index (χ0n) is 27.9. The lowest BCUT2D eigenvalue weighted by atomic mass is 9.50. The summed E-state index contributed by atoms with van der Waals surface area (Å²) in [6.07, 6.45) is 8.84. The van der Waals surface area contributed by atoms with E-state index in [1.807, 2.05) is 0 Å². The first-order valence-electron chi connectivity index (χ1n) is 17.1. The number of ether oxygens (including phenoxy) is 6. The summed E-state index contributed by atoms with van der Waals surface area (Å²) in [5, 5.41) is 12.0. The van der Waals surface area contributed by atoms with Crippen LogP contribution in [-0.2, 0) is 38.0 Å². The maximum absolute atomic E-state index is 13.2. The Balaban J connectivity index is 1.16. The van der Waals surface area contributed by atoms with Gasteiger partial charge in [-0.25, -0.2) is 0 Å². The van der Waals surface area contributed by atoms with Gasteiger partial charge < -0.3 is 38.8 Å². The Morgan fingerprint density at radius 1 is 0.614 bits per heavy atom. The molecule has 0 bridgehead atoms. The molecule has 256 valence electrons. The van der Waals surface area contributed by atoms with Crippen molar-refractivity contribution in [1.29, 1.82) is 0 Å². The van der Waals surface area contributed by atoms with Crippen LogP contribution in [0.2, 0.25) is 0 Å². The van der Waals surface area contributed by atoms with Crippen LogP contribution >= 0.6 is 0 Å². The van der Waals surface area contributed by atoms with E-state index in [0.29, 0.717) is 95.7 Å². The molecule has 0 aromatic carbocycles. The Kier molecular flexibility index (Phi) is 16.4. The van der Waals surface area contributed by atoms with E-state index in [1.165, 1.54) is 19.3 Å². The number of carbonyl (C=O) groups is 2. The topological polar surface area (TPSA) is 122 Å². The monoisotopic (exact) mass is 627 g/mol. The molecule has 3 rings (SSSR count).